The molecule has 2 aromatic rings. The summed E-state index contributed by atoms with van der Waals surface area (Å²) in [5.41, 5.74) is 1.34. The highest BCUT2D eigenvalue weighted by atomic mass is 32.2. The highest BCUT2D eigenvalue weighted by Gasteiger charge is 2.34. The zero-order valence-corrected chi connectivity index (χ0v) is 15.0. The molecule has 0 saturated carbocycles. The summed E-state index contributed by atoms with van der Waals surface area (Å²) in [6, 6.07) is 9.26. The van der Waals surface area contributed by atoms with Gasteiger partial charge in [-0.05, 0) is 18.4 Å². The molecule has 0 amide bonds. The normalized spacial score (nSPS) is 16.0. The molecule has 0 unspecified atom stereocenters. The van der Waals surface area contributed by atoms with E-state index in [1.54, 1.807) is 5.38 Å². The molecule has 0 radical (unpaired) electrons. The number of rotatable bonds is 4. The average Bonchev–Trinajstić information content (AvgIpc) is 3.08. The van der Waals surface area contributed by atoms with Crippen LogP contribution in [0.3, 0.4) is 0 Å². The van der Waals surface area contributed by atoms with Gasteiger partial charge in [0.15, 0.2) is 0 Å². The molecule has 3 rings (SSSR count). The third kappa shape index (κ3) is 3.11. The summed E-state index contributed by atoms with van der Waals surface area (Å²) < 4.78 is 32.7. The Morgan fingerprint density at radius 2 is 1.79 bits per heavy atom. The number of ether oxygens (including phenoxy) is 1. The van der Waals surface area contributed by atoms with Crippen LogP contribution in [0.1, 0.15) is 28.9 Å². The maximum Gasteiger partial charge on any atom is 0.349 e. The fraction of sp³-hybridized carbons (Fsp3) is 0.353. The van der Waals surface area contributed by atoms with Crippen LogP contribution in [0.25, 0.3) is 11.1 Å². The number of carbonyl (C=O) groups is 1. The van der Waals surface area contributed by atoms with Crippen molar-refractivity contribution in [1.29, 1.82) is 0 Å². The van der Waals surface area contributed by atoms with Crippen LogP contribution in [0.2, 0.25) is 0 Å². The Bertz CT molecular complexity index is 822. The predicted octanol–water partition coefficient (Wildman–Crippen LogP) is 3.38. The van der Waals surface area contributed by atoms with E-state index in [0.717, 1.165) is 36.2 Å². The molecule has 7 heteroatoms. The molecule has 1 aromatic carbocycles. The summed E-state index contributed by atoms with van der Waals surface area (Å²) in [6.07, 6.45) is 2.72. The van der Waals surface area contributed by atoms with Crippen LogP contribution in [0.15, 0.2) is 40.6 Å². The molecule has 24 heavy (non-hydrogen) atoms. The zero-order valence-electron chi connectivity index (χ0n) is 13.4. The first-order valence-corrected chi connectivity index (χ1v) is 10.1. The van der Waals surface area contributed by atoms with Gasteiger partial charge in [-0.2, -0.15) is 4.31 Å². The van der Waals surface area contributed by atoms with Gasteiger partial charge in [0, 0.05) is 24.0 Å². The van der Waals surface area contributed by atoms with E-state index in [2.05, 4.69) is 0 Å². The summed E-state index contributed by atoms with van der Waals surface area (Å²) in [5, 5.41) is 1.72. The second-order valence-corrected chi connectivity index (χ2v) is 8.38. The molecular weight excluding hydrogens is 346 g/mol. The molecule has 0 N–H and O–H groups in total. The summed E-state index contributed by atoms with van der Waals surface area (Å²) >= 11 is 1.11. The van der Waals surface area contributed by atoms with Crippen molar-refractivity contribution in [1.82, 2.24) is 4.31 Å². The zero-order chi connectivity index (χ0) is 17.2. The van der Waals surface area contributed by atoms with Crippen molar-refractivity contribution in [2.75, 3.05) is 20.2 Å². The van der Waals surface area contributed by atoms with Crippen LogP contribution in [0.5, 0.6) is 0 Å². The number of carbonyl (C=O) groups excluding carboxylic acids is 1. The van der Waals surface area contributed by atoms with Gasteiger partial charge in [0.1, 0.15) is 9.77 Å². The molecule has 0 bridgehead atoms. The monoisotopic (exact) mass is 365 g/mol. The van der Waals surface area contributed by atoms with Gasteiger partial charge >= 0.3 is 5.97 Å². The molecule has 2 heterocycles. The van der Waals surface area contributed by atoms with Crippen molar-refractivity contribution in [2.24, 2.45) is 0 Å². The fourth-order valence-electron chi connectivity index (χ4n) is 2.89. The number of sulfonamides is 1. The molecule has 5 nitrogen and oxygen atoms in total. The number of methoxy groups -OCH3 is 1. The largest absolute Gasteiger partial charge is 0.465 e. The van der Waals surface area contributed by atoms with Crippen LogP contribution >= 0.6 is 11.3 Å². The molecule has 1 saturated heterocycles. The first kappa shape index (κ1) is 17.1. The number of benzene rings is 1. The molecule has 0 atom stereocenters. The van der Waals surface area contributed by atoms with Gasteiger partial charge in [-0.1, -0.05) is 36.8 Å². The van der Waals surface area contributed by atoms with Crippen LogP contribution in [-0.2, 0) is 14.8 Å². The summed E-state index contributed by atoms with van der Waals surface area (Å²) in [4.78, 5) is 12.3. The van der Waals surface area contributed by atoms with E-state index in [-0.39, 0.29) is 9.77 Å². The van der Waals surface area contributed by atoms with E-state index in [1.165, 1.54) is 11.4 Å². The molecular formula is C17H19NO4S2. The van der Waals surface area contributed by atoms with Crippen molar-refractivity contribution in [3.8, 4) is 11.1 Å². The highest BCUT2D eigenvalue weighted by Crippen LogP contribution is 2.38. The Hall–Kier alpha value is -1.70. The lowest BCUT2D eigenvalue weighted by molar-refractivity contribution is 0.0602. The van der Waals surface area contributed by atoms with Crippen LogP contribution in [0, 0.1) is 0 Å². The lowest BCUT2D eigenvalue weighted by Crippen LogP contribution is -2.36. The van der Waals surface area contributed by atoms with E-state index in [4.69, 9.17) is 4.74 Å². The Labute approximate surface area is 145 Å². The van der Waals surface area contributed by atoms with Crippen molar-refractivity contribution >= 4 is 27.3 Å². The number of thiophene rings is 1. The minimum atomic E-state index is -3.74. The predicted molar refractivity (Wildman–Crippen MR) is 93.7 cm³/mol. The summed E-state index contributed by atoms with van der Waals surface area (Å²) in [7, 11) is -2.47. The van der Waals surface area contributed by atoms with Gasteiger partial charge in [-0.15, -0.1) is 11.3 Å². The third-order valence-corrected chi connectivity index (χ3v) is 7.19. The maximum absolute atomic E-state index is 13.2. The second kappa shape index (κ2) is 7.04. The molecule has 0 spiro atoms. The quantitative estimate of drug-likeness (QED) is 0.779. The Balaban J connectivity index is 2.16. The molecule has 0 aliphatic carbocycles. The lowest BCUT2D eigenvalue weighted by atomic mass is 10.1. The number of piperidine rings is 1. The van der Waals surface area contributed by atoms with Crippen molar-refractivity contribution in [3.05, 3.63) is 40.6 Å². The molecule has 1 aliphatic rings. The van der Waals surface area contributed by atoms with Crippen LogP contribution < -0.4 is 0 Å². The molecule has 1 fully saturated rings. The first-order chi connectivity index (χ1) is 11.6. The summed E-state index contributed by atoms with van der Waals surface area (Å²) in [6.45, 7) is 0.986. The van der Waals surface area contributed by atoms with Gasteiger partial charge in [0.25, 0.3) is 0 Å². The second-order valence-electron chi connectivity index (χ2n) is 5.63. The standard InChI is InChI=1S/C17H19NO4S2/c1-22-17(19)15-16(24(20,21)18-10-6-3-7-11-18)14(12-23-15)13-8-4-2-5-9-13/h2,4-5,8-9,12H,3,6-7,10-11H2,1H3. The topological polar surface area (TPSA) is 63.7 Å². The van der Waals surface area contributed by atoms with E-state index >= 15 is 0 Å². The van der Waals surface area contributed by atoms with Gasteiger partial charge < -0.3 is 4.74 Å². The SMILES string of the molecule is COC(=O)c1scc(-c2ccccc2)c1S(=O)(=O)N1CCCCC1. The van der Waals surface area contributed by atoms with Gasteiger partial charge in [-0.25, -0.2) is 13.2 Å². The highest BCUT2D eigenvalue weighted by molar-refractivity contribution is 7.89. The van der Waals surface area contributed by atoms with E-state index in [0.29, 0.717) is 18.7 Å². The van der Waals surface area contributed by atoms with E-state index < -0.39 is 16.0 Å². The lowest BCUT2D eigenvalue weighted by Gasteiger charge is -2.26. The van der Waals surface area contributed by atoms with Crippen molar-refractivity contribution in [2.45, 2.75) is 24.2 Å². The van der Waals surface area contributed by atoms with Gasteiger partial charge in [-0.3, -0.25) is 0 Å². The minimum Gasteiger partial charge on any atom is -0.465 e. The summed E-state index contributed by atoms with van der Waals surface area (Å²) in [5.74, 6) is -0.613. The number of esters is 1. The van der Waals surface area contributed by atoms with Gasteiger partial charge in [0.05, 0.1) is 7.11 Å². The van der Waals surface area contributed by atoms with Crippen LogP contribution in [0.4, 0.5) is 0 Å². The fourth-order valence-corrected chi connectivity index (χ4v) is 6.08. The average molecular weight is 365 g/mol. The Morgan fingerprint density at radius 1 is 1.12 bits per heavy atom. The van der Waals surface area contributed by atoms with Crippen LogP contribution in [-0.4, -0.2) is 38.9 Å². The van der Waals surface area contributed by atoms with E-state index in [9.17, 15) is 13.2 Å². The Morgan fingerprint density at radius 3 is 2.42 bits per heavy atom. The third-order valence-electron chi connectivity index (χ3n) is 4.11. The smallest absolute Gasteiger partial charge is 0.349 e. The number of hydrogen-bond donors (Lipinski definition) is 0. The first-order valence-electron chi connectivity index (χ1n) is 7.81. The van der Waals surface area contributed by atoms with Gasteiger partial charge in [0.2, 0.25) is 10.0 Å². The minimum absolute atomic E-state index is 0.0763. The Kier molecular flexibility index (Phi) is 5.03. The number of hydrogen-bond acceptors (Lipinski definition) is 5. The van der Waals surface area contributed by atoms with Crippen molar-refractivity contribution in [3.63, 3.8) is 0 Å². The molecule has 128 valence electrons. The number of nitrogens with zero attached hydrogens (tertiary/aromatic N) is 1. The maximum atomic E-state index is 13.2. The van der Waals surface area contributed by atoms with E-state index in [1.807, 2.05) is 30.3 Å². The molecule has 1 aliphatic heterocycles. The van der Waals surface area contributed by atoms with Crippen molar-refractivity contribution < 1.29 is 17.9 Å². The molecule has 1 aromatic heterocycles.